The molecule has 0 spiro atoms. The highest BCUT2D eigenvalue weighted by Crippen LogP contribution is 2.33. The van der Waals surface area contributed by atoms with Crippen LogP contribution in [0.5, 0.6) is 0 Å². The minimum atomic E-state index is -1.66. The van der Waals surface area contributed by atoms with Crippen LogP contribution in [0.4, 0.5) is 9.59 Å². The highest BCUT2D eigenvalue weighted by Gasteiger charge is 2.42. The van der Waals surface area contributed by atoms with E-state index in [-0.39, 0.29) is 12.8 Å². The van der Waals surface area contributed by atoms with E-state index in [1.54, 1.807) is 0 Å². The lowest BCUT2D eigenvalue weighted by Crippen LogP contribution is -2.49. The van der Waals surface area contributed by atoms with Gasteiger partial charge in [-0.25, -0.2) is 9.59 Å². The Hall–Kier alpha value is -3.92. The molecule has 3 aromatic rings. The number of piperidine rings is 1. The Morgan fingerprint density at radius 2 is 1.50 bits per heavy atom. The van der Waals surface area contributed by atoms with Gasteiger partial charge in [0.2, 0.25) is 5.82 Å². The average Bonchev–Trinajstić information content (AvgIpc) is 3.52. The van der Waals surface area contributed by atoms with E-state index in [1.807, 2.05) is 36.4 Å². The van der Waals surface area contributed by atoms with Crippen molar-refractivity contribution in [3.8, 4) is 22.8 Å². The van der Waals surface area contributed by atoms with Crippen molar-refractivity contribution in [2.24, 2.45) is 5.92 Å². The third-order valence-electron chi connectivity index (χ3n) is 6.63. The van der Waals surface area contributed by atoms with Crippen LogP contribution >= 0.6 is 0 Å². The number of carbonyl (C=O) groups is 2. The standard InChI is InChI=1S/C26H27N3O7/c30-24(31)34-26(35-25(32)33)11-13-29(14-12-26)16-19-5-7-20(8-6-19)22-27-23(36-28-22)21-9-3-18(4-10-21)15-17-1-2-17/h3-10,17H,1-2,11-16H2,(H,30,31)(H,32,33). The Morgan fingerprint density at radius 1 is 0.917 bits per heavy atom. The van der Waals surface area contributed by atoms with Crippen LogP contribution in [0.2, 0.25) is 0 Å². The number of rotatable bonds is 8. The fourth-order valence-electron chi connectivity index (χ4n) is 4.51. The van der Waals surface area contributed by atoms with Crippen molar-refractivity contribution in [1.82, 2.24) is 15.0 Å². The van der Waals surface area contributed by atoms with Crippen molar-refractivity contribution in [2.75, 3.05) is 13.1 Å². The molecule has 0 atom stereocenters. The predicted molar refractivity (Wildman–Crippen MR) is 127 cm³/mol. The molecule has 10 heteroatoms. The lowest BCUT2D eigenvalue weighted by atomic mass is 10.0. The summed E-state index contributed by atoms with van der Waals surface area (Å²) in [6, 6.07) is 16.1. The van der Waals surface area contributed by atoms with Crippen molar-refractivity contribution in [1.29, 1.82) is 0 Å². The quantitative estimate of drug-likeness (QED) is 0.324. The first-order chi connectivity index (χ1) is 17.4. The van der Waals surface area contributed by atoms with Gasteiger partial charge in [-0.1, -0.05) is 41.6 Å². The monoisotopic (exact) mass is 493 g/mol. The molecule has 1 aromatic heterocycles. The predicted octanol–water partition coefficient (Wildman–Crippen LogP) is 5.04. The van der Waals surface area contributed by atoms with Gasteiger partial charge in [0.25, 0.3) is 11.7 Å². The van der Waals surface area contributed by atoms with E-state index < -0.39 is 18.1 Å². The molecule has 2 aliphatic rings. The summed E-state index contributed by atoms with van der Waals surface area (Å²) in [6.45, 7) is 1.47. The Morgan fingerprint density at radius 3 is 2.08 bits per heavy atom. The lowest BCUT2D eigenvalue weighted by Gasteiger charge is -2.38. The smallest absolute Gasteiger partial charge is 0.450 e. The van der Waals surface area contributed by atoms with Crippen molar-refractivity contribution in [2.45, 2.75) is 44.4 Å². The Kier molecular flexibility index (Phi) is 6.60. The van der Waals surface area contributed by atoms with Gasteiger partial charge in [0.1, 0.15) is 0 Å². The van der Waals surface area contributed by atoms with Crippen molar-refractivity contribution >= 4 is 12.3 Å². The maximum absolute atomic E-state index is 11.0. The van der Waals surface area contributed by atoms with Gasteiger partial charge in [0.05, 0.1) is 0 Å². The summed E-state index contributed by atoms with van der Waals surface area (Å²) in [4.78, 5) is 28.6. The van der Waals surface area contributed by atoms with E-state index >= 15 is 0 Å². The Labute approximate surface area is 207 Å². The molecule has 2 heterocycles. The zero-order valence-corrected chi connectivity index (χ0v) is 19.6. The molecule has 36 heavy (non-hydrogen) atoms. The number of likely N-dealkylation sites (tertiary alicyclic amines) is 1. The molecule has 2 aromatic carbocycles. The molecular formula is C26H27N3O7. The minimum Gasteiger partial charge on any atom is -0.450 e. The number of nitrogens with zero attached hydrogens (tertiary/aromatic N) is 3. The topological polar surface area (TPSA) is 135 Å². The van der Waals surface area contributed by atoms with Crippen molar-refractivity contribution < 1.29 is 33.8 Å². The summed E-state index contributed by atoms with van der Waals surface area (Å²) in [5.74, 6) is 0.175. The summed E-state index contributed by atoms with van der Waals surface area (Å²) >= 11 is 0. The molecule has 2 N–H and O–H groups in total. The van der Waals surface area contributed by atoms with E-state index in [0.717, 1.165) is 29.0 Å². The molecule has 1 saturated heterocycles. The van der Waals surface area contributed by atoms with Crippen LogP contribution in [-0.4, -0.2) is 56.4 Å². The van der Waals surface area contributed by atoms with Gasteiger partial charge >= 0.3 is 12.3 Å². The average molecular weight is 494 g/mol. The molecule has 0 amide bonds. The number of carboxylic acid groups (broad SMARTS) is 2. The third kappa shape index (κ3) is 5.83. The maximum Gasteiger partial charge on any atom is 0.509 e. The summed E-state index contributed by atoms with van der Waals surface area (Å²) < 4.78 is 15.0. The molecule has 1 saturated carbocycles. The van der Waals surface area contributed by atoms with Gasteiger partial charge in [0, 0.05) is 43.6 Å². The SMILES string of the molecule is O=C(O)OC1(OC(=O)O)CCN(Cc2ccc(-c3noc(-c4ccc(CC5CC5)cc4)n3)cc2)CC1. The summed E-state index contributed by atoms with van der Waals surface area (Å²) in [5.41, 5.74) is 4.10. The summed E-state index contributed by atoms with van der Waals surface area (Å²) in [6.07, 6.45) is 0.914. The largest absolute Gasteiger partial charge is 0.509 e. The van der Waals surface area contributed by atoms with Crippen molar-refractivity contribution in [3.63, 3.8) is 0 Å². The second-order valence-electron chi connectivity index (χ2n) is 9.39. The van der Waals surface area contributed by atoms with Gasteiger partial charge in [-0.3, -0.25) is 4.90 Å². The number of ether oxygens (including phenoxy) is 2. The molecular weight excluding hydrogens is 466 g/mol. The molecule has 1 aliphatic heterocycles. The minimum absolute atomic E-state index is 0.122. The number of hydrogen-bond donors (Lipinski definition) is 2. The van der Waals surface area contributed by atoms with Gasteiger partial charge < -0.3 is 24.2 Å². The number of benzene rings is 2. The van der Waals surface area contributed by atoms with Crippen LogP contribution in [0.15, 0.2) is 53.1 Å². The molecule has 188 valence electrons. The van der Waals surface area contributed by atoms with E-state index in [1.165, 1.54) is 18.4 Å². The molecule has 2 fully saturated rings. The van der Waals surface area contributed by atoms with Gasteiger partial charge in [-0.05, 0) is 48.4 Å². The molecule has 5 rings (SSSR count). The molecule has 0 radical (unpaired) electrons. The normalized spacial score (nSPS) is 17.4. The number of hydrogen-bond acceptors (Lipinski definition) is 8. The maximum atomic E-state index is 11.0. The second kappa shape index (κ2) is 9.98. The Bertz CT molecular complexity index is 1190. The molecule has 0 bridgehead atoms. The summed E-state index contributed by atoms with van der Waals surface area (Å²) in [7, 11) is 0. The fraction of sp³-hybridized carbons (Fsp3) is 0.385. The highest BCUT2D eigenvalue weighted by atomic mass is 16.8. The molecule has 1 aliphatic carbocycles. The van der Waals surface area contributed by atoms with Gasteiger partial charge in [0.15, 0.2) is 0 Å². The Balaban J connectivity index is 1.18. The van der Waals surface area contributed by atoms with Gasteiger partial charge in [-0.2, -0.15) is 4.98 Å². The van der Waals surface area contributed by atoms with Crippen LogP contribution in [0.1, 0.15) is 36.8 Å². The van der Waals surface area contributed by atoms with E-state index in [0.29, 0.717) is 31.3 Å². The van der Waals surface area contributed by atoms with E-state index in [2.05, 4.69) is 27.2 Å². The van der Waals surface area contributed by atoms with Crippen LogP contribution in [0, 0.1) is 5.92 Å². The van der Waals surface area contributed by atoms with Crippen LogP contribution in [0.3, 0.4) is 0 Å². The first-order valence-electron chi connectivity index (χ1n) is 12.0. The summed E-state index contributed by atoms with van der Waals surface area (Å²) in [5, 5.41) is 22.0. The van der Waals surface area contributed by atoms with Crippen LogP contribution < -0.4 is 0 Å². The second-order valence-corrected chi connectivity index (χ2v) is 9.39. The van der Waals surface area contributed by atoms with Gasteiger partial charge in [-0.15, -0.1) is 0 Å². The fourth-order valence-corrected chi connectivity index (χ4v) is 4.51. The first-order valence-corrected chi connectivity index (χ1v) is 12.0. The third-order valence-corrected chi connectivity index (χ3v) is 6.63. The zero-order valence-electron chi connectivity index (χ0n) is 19.6. The zero-order chi connectivity index (χ0) is 25.1. The molecule has 0 unspecified atom stereocenters. The number of aromatic nitrogens is 2. The highest BCUT2D eigenvalue weighted by molar-refractivity contribution is 5.61. The molecule has 10 nitrogen and oxygen atoms in total. The first kappa shape index (κ1) is 23.8. The van der Waals surface area contributed by atoms with Crippen molar-refractivity contribution in [3.05, 3.63) is 59.7 Å². The van der Waals surface area contributed by atoms with Crippen LogP contribution in [-0.2, 0) is 22.4 Å². The van der Waals surface area contributed by atoms with E-state index in [9.17, 15) is 9.59 Å². The van der Waals surface area contributed by atoms with E-state index in [4.69, 9.17) is 24.2 Å². The lowest BCUT2D eigenvalue weighted by molar-refractivity contribution is -0.205. The van der Waals surface area contributed by atoms with Crippen LogP contribution in [0.25, 0.3) is 22.8 Å².